The lowest BCUT2D eigenvalue weighted by Crippen LogP contribution is -2.15. The smallest absolute Gasteiger partial charge is 0.150 e. The van der Waals surface area contributed by atoms with Gasteiger partial charge in [0.1, 0.15) is 0 Å². The topological polar surface area (TPSA) is 17.1 Å². The molecule has 0 radical (unpaired) electrons. The van der Waals surface area contributed by atoms with Crippen molar-refractivity contribution in [1.29, 1.82) is 0 Å². The number of alkyl halides is 1. The van der Waals surface area contributed by atoms with Crippen LogP contribution < -0.4 is 0 Å². The molecule has 1 aliphatic carbocycles. The Labute approximate surface area is 66.8 Å². The van der Waals surface area contributed by atoms with Crippen molar-refractivity contribution in [2.45, 2.75) is 43.9 Å². The summed E-state index contributed by atoms with van der Waals surface area (Å²) in [4.78, 5) is 11.0. The molecule has 1 unspecified atom stereocenters. The molecule has 0 aromatic heterocycles. The zero-order valence-electron chi connectivity index (χ0n) is 6.11. The van der Waals surface area contributed by atoms with E-state index in [0.29, 0.717) is 6.42 Å². The molecule has 0 bridgehead atoms. The number of Topliss-reactive ketones (excluding diaryl/α,β-unsaturated/α-hetero) is 1. The van der Waals surface area contributed by atoms with Gasteiger partial charge in [-0.15, -0.1) is 11.6 Å². The van der Waals surface area contributed by atoms with Crippen LogP contribution in [0.15, 0.2) is 0 Å². The van der Waals surface area contributed by atoms with Crippen molar-refractivity contribution in [3.63, 3.8) is 0 Å². The lowest BCUT2D eigenvalue weighted by molar-refractivity contribution is -0.119. The van der Waals surface area contributed by atoms with Gasteiger partial charge in [-0.05, 0) is 12.8 Å². The molecule has 1 saturated carbocycles. The third-order valence-corrected chi connectivity index (χ3v) is 2.44. The quantitative estimate of drug-likeness (QED) is 0.498. The Morgan fingerprint density at radius 2 is 1.90 bits per heavy atom. The highest BCUT2D eigenvalue weighted by Gasteiger charge is 2.15. The Kier molecular flexibility index (Phi) is 3.20. The van der Waals surface area contributed by atoms with Crippen LogP contribution in [0.5, 0.6) is 0 Å². The van der Waals surface area contributed by atoms with Crippen LogP contribution in [0.2, 0.25) is 0 Å². The second-order valence-corrected chi connectivity index (χ2v) is 3.41. The summed E-state index contributed by atoms with van der Waals surface area (Å²) >= 11 is 5.79. The summed E-state index contributed by atoms with van der Waals surface area (Å²) in [5.74, 6) is 0.251. The highest BCUT2D eigenvalue weighted by molar-refractivity contribution is 6.31. The van der Waals surface area contributed by atoms with E-state index in [1.165, 1.54) is 12.8 Å². The molecule has 0 saturated heterocycles. The largest absolute Gasteiger partial charge is 0.298 e. The van der Waals surface area contributed by atoms with Crippen molar-refractivity contribution < 1.29 is 4.79 Å². The predicted molar refractivity (Wildman–Crippen MR) is 42.4 cm³/mol. The van der Waals surface area contributed by atoms with Crippen molar-refractivity contribution in [3.8, 4) is 0 Å². The molecule has 1 aliphatic rings. The molecule has 0 spiro atoms. The summed E-state index contributed by atoms with van der Waals surface area (Å²) in [6.07, 6.45) is 6.21. The van der Waals surface area contributed by atoms with E-state index in [2.05, 4.69) is 0 Å². The molecule has 0 heterocycles. The summed E-state index contributed by atoms with van der Waals surface area (Å²) in [5, 5.41) is -0.180. The van der Waals surface area contributed by atoms with Gasteiger partial charge in [0.15, 0.2) is 5.78 Å². The van der Waals surface area contributed by atoms with Gasteiger partial charge in [0.05, 0.1) is 5.38 Å². The van der Waals surface area contributed by atoms with Crippen LogP contribution in [0.3, 0.4) is 0 Å². The van der Waals surface area contributed by atoms with E-state index in [1.54, 1.807) is 0 Å². The molecule has 10 heavy (non-hydrogen) atoms. The van der Waals surface area contributed by atoms with E-state index in [-0.39, 0.29) is 11.2 Å². The Bertz CT molecular complexity index is 122. The first-order valence-corrected chi connectivity index (χ1v) is 4.41. The molecule has 0 N–H and O–H groups in total. The van der Waals surface area contributed by atoms with Crippen LogP contribution in [0.25, 0.3) is 0 Å². The number of hydrogen-bond donors (Lipinski definition) is 0. The van der Waals surface area contributed by atoms with Crippen LogP contribution in [-0.2, 0) is 4.79 Å². The SMILES string of the molecule is O=C1CCCCCCC1Cl. The van der Waals surface area contributed by atoms with Crippen molar-refractivity contribution in [1.82, 2.24) is 0 Å². The Morgan fingerprint density at radius 3 is 2.70 bits per heavy atom. The minimum absolute atomic E-state index is 0.180. The second kappa shape index (κ2) is 3.97. The van der Waals surface area contributed by atoms with Gasteiger partial charge in [0.25, 0.3) is 0 Å². The van der Waals surface area contributed by atoms with Crippen molar-refractivity contribution in [3.05, 3.63) is 0 Å². The number of hydrogen-bond acceptors (Lipinski definition) is 1. The lowest BCUT2D eigenvalue weighted by Gasteiger charge is -2.11. The van der Waals surface area contributed by atoms with Crippen LogP contribution in [-0.4, -0.2) is 11.2 Å². The van der Waals surface area contributed by atoms with Crippen molar-refractivity contribution in [2.24, 2.45) is 0 Å². The molecule has 58 valence electrons. The zero-order chi connectivity index (χ0) is 7.40. The molecule has 1 atom stereocenters. The fourth-order valence-electron chi connectivity index (χ4n) is 1.29. The first-order valence-electron chi connectivity index (χ1n) is 3.97. The molecule has 1 fully saturated rings. The van der Waals surface area contributed by atoms with Gasteiger partial charge >= 0.3 is 0 Å². The van der Waals surface area contributed by atoms with Gasteiger partial charge in [0, 0.05) is 6.42 Å². The number of halogens is 1. The summed E-state index contributed by atoms with van der Waals surface area (Å²) in [6.45, 7) is 0. The minimum atomic E-state index is -0.180. The molecule has 1 nitrogen and oxygen atoms in total. The average Bonchev–Trinajstić information content (AvgIpc) is 1.92. The van der Waals surface area contributed by atoms with E-state index in [4.69, 9.17) is 11.6 Å². The Morgan fingerprint density at radius 1 is 1.20 bits per heavy atom. The third-order valence-electron chi connectivity index (χ3n) is 1.98. The van der Waals surface area contributed by atoms with Crippen molar-refractivity contribution >= 4 is 17.4 Å². The Hall–Kier alpha value is -0.0400. The molecule has 2 heteroatoms. The summed E-state index contributed by atoms with van der Waals surface area (Å²) in [5.41, 5.74) is 0. The first-order chi connectivity index (χ1) is 4.80. The van der Waals surface area contributed by atoms with Crippen LogP contribution in [0, 0.1) is 0 Å². The van der Waals surface area contributed by atoms with Gasteiger partial charge in [-0.2, -0.15) is 0 Å². The number of carbonyl (C=O) groups is 1. The first kappa shape index (κ1) is 8.06. The summed E-state index contributed by atoms with van der Waals surface area (Å²) in [6, 6.07) is 0. The average molecular weight is 161 g/mol. The maximum absolute atomic E-state index is 11.0. The van der Waals surface area contributed by atoms with Gasteiger partial charge in [-0.25, -0.2) is 0 Å². The highest BCUT2D eigenvalue weighted by Crippen LogP contribution is 2.18. The predicted octanol–water partition coefficient (Wildman–Crippen LogP) is 2.52. The molecular formula is C8H13ClO. The number of ketones is 1. The van der Waals surface area contributed by atoms with Crippen molar-refractivity contribution in [2.75, 3.05) is 0 Å². The van der Waals surface area contributed by atoms with Crippen LogP contribution >= 0.6 is 11.6 Å². The van der Waals surface area contributed by atoms with Gasteiger partial charge in [-0.1, -0.05) is 19.3 Å². The maximum atomic E-state index is 11.0. The van der Waals surface area contributed by atoms with Crippen LogP contribution in [0.1, 0.15) is 38.5 Å². The van der Waals surface area contributed by atoms with Gasteiger partial charge in [0.2, 0.25) is 0 Å². The standard InChI is InChI=1S/C8H13ClO/c9-7-5-3-1-2-4-6-8(7)10/h7H,1-6H2. The molecule has 0 amide bonds. The highest BCUT2D eigenvalue weighted by atomic mass is 35.5. The molecule has 0 aromatic rings. The van der Waals surface area contributed by atoms with E-state index >= 15 is 0 Å². The van der Waals surface area contributed by atoms with E-state index in [1.807, 2.05) is 0 Å². The van der Waals surface area contributed by atoms with Gasteiger partial charge < -0.3 is 0 Å². The van der Waals surface area contributed by atoms with E-state index in [0.717, 1.165) is 19.3 Å². The number of rotatable bonds is 0. The van der Waals surface area contributed by atoms with E-state index < -0.39 is 0 Å². The molecule has 0 aliphatic heterocycles. The minimum Gasteiger partial charge on any atom is -0.298 e. The monoisotopic (exact) mass is 160 g/mol. The normalized spacial score (nSPS) is 29.3. The molecule has 0 aromatic carbocycles. The maximum Gasteiger partial charge on any atom is 0.150 e. The molecular weight excluding hydrogens is 148 g/mol. The third kappa shape index (κ3) is 2.30. The second-order valence-electron chi connectivity index (χ2n) is 2.89. The fourth-order valence-corrected chi connectivity index (χ4v) is 1.56. The zero-order valence-corrected chi connectivity index (χ0v) is 6.86. The Balaban J connectivity index is 2.35. The lowest BCUT2D eigenvalue weighted by atomic mass is 10.00. The molecule has 1 rings (SSSR count). The summed E-state index contributed by atoms with van der Waals surface area (Å²) < 4.78 is 0. The summed E-state index contributed by atoms with van der Waals surface area (Å²) in [7, 11) is 0. The van der Waals surface area contributed by atoms with Gasteiger partial charge in [-0.3, -0.25) is 4.79 Å². The van der Waals surface area contributed by atoms with E-state index in [9.17, 15) is 4.79 Å². The number of carbonyl (C=O) groups excluding carboxylic acids is 1. The fraction of sp³-hybridized carbons (Fsp3) is 0.875. The van der Waals surface area contributed by atoms with Crippen LogP contribution in [0.4, 0.5) is 0 Å².